The molecule has 0 aromatic heterocycles. The Morgan fingerprint density at radius 1 is 1.17 bits per heavy atom. The Morgan fingerprint density at radius 2 is 1.78 bits per heavy atom. The molecular formula is C11H9Cl2NO4. The SMILES string of the molecule is O=C(CNC(=O)c1ccccc1)OC(=O)C(Cl)Cl. The van der Waals surface area contributed by atoms with Crippen LogP contribution in [0, 0.1) is 0 Å². The van der Waals surface area contributed by atoms with Crippen LogP contribution >= 0.6 is 23.2 Å². The number of ether oxygens (including phenoxy) is 1. The highest BCUT2D eigenvalue weighted by atomic mass is 35.5. The highest BCUT2D eigenvalue weighted by Gasteiger charge is 2.18. The number of amides is 1. The van der Waals surface area contributed by atoms with E-state index in [0.717, 1.165) is 0 Å². The van der Waals surface area contributed by atoms with Crippen molar-refractivity contribution in [2.45, 2.75) is 4.84 Å². The van der Waals surface area contributed by atoms with Gasteiger partial charge in [0.1, 0.15) is 6.54 Å². The highest BCUT2D eigenvalue weighted by molar-refractivity contribution is 6.53. The van der Waals surface area contributed by atoms with Crippen molar-refractivity contribution in [3.63, 3.8) is 0 Å². The maximum absolute atomic E-state index is 11.5. The average Bonchev–Trinajstić information content (AvgIpc) is 2.36. The molecule has 0 heterocycles. The molecule has 7 heteroatoms. The third kappa shape index (κ3) is 4.73. The van der Waals surface area contributed by atoms with Gasteiger partial charge in [-0.2, -0.15) is 0 Å². The number of esters is 2. The van der Waals surface area contributed by atoms with Gasteiger partial charge in [-0.1, -0.05) is 41.4 Å². The molecule has 1 amide bonds. The van der Waals surface area contributed by atoms with E-state index in [-0.39, 0.29) is 0 Å². The van der Waals surface area contributed by atoms with E-state index in [2.05, 4.69) is 10.1 Å². The van der Waals surface area contributed by atoms with Gasteiger partial charge in [0.2, 0.25) is 4.84 Å². The number of alkyl halides is 2. The van der Waals surface area contributed by atoms with Crippen molar-refractivity contribution in [2.24, 2.45) is 0 Å². The van der Waals surface area contributed by atoms with Crippen LogP contribution in [-0.4, -0.2) is 29.2 Å². The van der Waals surface area contributed by atoms with Crippen molar-refractivity contribution in [2.75, 3.05) is 6.54 Å². The summed E-state index contributed by atoms with van der Waals surface area (Å²) in [7, 11) is 0. The van der Waals surface area contributed by atoms with Crippen LogP contribution in [-0.2, 0) is 14.3 Å². The summed E-state index contributed by atoms with van der Waals surface area (Å²) < 4.78 is 4.24. The molecule has 0 bridgehead atoms. The molecule has 0 unspecified atom stereocenters. The van der Waals surface area contributed by atoms with Crippen molar-refractivity contribution in [1.82, 2.24) is 5.32 Å². The van der Waals surface area contributed by atoms with Gasteiger partial charge in [0.25, 0.3) is 5.91 Å². The molecule has 0 radical (unpaired) electrons. The van der Waals surface area contributed by atoms with Gasteiger partial charge in [-0.25, -0.2) is 9.59 Å². The zero-order valence-corrected chi connectivity index (χ0v) is 10.6. The van der Waals surface area contributed by atoms with E-state index >= 15 is 0 Å². The first-order valence-electron chi connectivity index (χ1n) is 4.86. The van der Waals surface area contributed by atoms with Crippen LogP contribution in [0.5, 0.6) is 0 Å². The number of carbonyl (C=O) groups is 3. The summed E-state index contributed by atoms with van der Waals surface area (Å²) in [6, 6.07) is 8.29. The van der Waals surface area contributed by atoms with Crippen LogP contribution in [0.4, 0.5) is 0 Å². The molecule has 0 aliphatic rings. The standard InChI is InChI=1S/C11H9Cl2NO4/c12-9(13)11(17)18-8(15)6-14-10(16)7-4-2-1-3-5-7/h1-5,9H,6H2,(H,14,16). The van der Waals surface area contributed by atoms with Gasteiger partial charge >= 0.3 is 11.9 Å². The minimum Gasteiger partial charge on any atom is -0.390 e. The quantitative estimate of drug-likeness (QED) is 0.515. The number of halogens is 2. The van der Waals surface area contributed by atoms with Crippen LogP contribution in [0.2, 0.25) is 0 Å². The lowest BCUT2D eigenvalue weighted by atomic mass is 10.2. The lowest BCUT2D eigenvalue weighted by molar-refractivity contribution is -0.157. The van der Waals surface area contributed by atoms with E-state index < -0.39 is 29.2 Å². The number of hydrogen-bond donors (Lipinski definition) is 1. The zero-order chi connectivity index (χ0) is 13.5. The largest absolute Gasteiger partial charge is 0.390 e. The summed E-state index contributed by atoms with van der Waals surface area (Å²) in [6.07, 6.45) is 0. The number of hydrogen-bond acceptors (Lipinski definition) is 4. The first-order valence-corrected chi connectivity index (χ1v) is 5.74. The van der Waals surface area contributed by atoms with E-state index in [1.165, 1.54) is 0 Å². The lowest BCUT2D eigenvalue weighted by Gasteiger charge is -2.05. The van der Waals surface area contributed by atoms with Crippen molar-refractivity contribution >= 4 is 41.0 Å². The second-order valence-electron chi connectivity index (χ2n) is 3.14. The van der Waals surface area contributed by atoms with Gasteiger partial charge in [-0.3, -0.25) is 4.79 Å². The third-order valence-corrected chi connectivity index (χ3v) is 2.18. The van der Waals surface area contributed by atoms with Crippen LogP contribution in [0.25, 0.3) is 0 Å². The Labute approximate surface area is 113 Å². The first kappa shape index (κ1) is 14.5. The number of nitrogens with one attached hydrogen (secondary N) is 1. The van der Waals surface area contributed by atoms with Gasteiger partial charge < -0.3 is 10.1 Å². The van der Waals surface area contributed by atoms with E-state index in [4.69, 9.17) is 23.2 Å². The van der Waals surface area contributed by atoms with Gasteiger partial charge in [-0.15, -0.1) is 0 Å². The summed E-state index contributed by atoms with van der Waals surface area (Å²) in [6.45, 7) is -0.444. The third-order valence-electron chi connectivity index (χ3n) is 1.82. The molecule has 5 nitrogen and oxygen atoms in total. The molecule has 1 N–H and O–H groups in total. The Bertz CT molecular complexity index is 448. The van der Waals surface area contributed by atoms with Crippen molar-refractivity contribution in [3.8, 4) is 0 Å². The monoisotopic (exact) mass is 289 g/mol. The van der Waals surface area contributed by atoms with Crippen molar-refractivity contribution in [1.29, 1.82) is 0 Å². The Balaban J connectivity index is 2.40. The molecular weight excluding hydrogens is 281 g/mol. The Hall–Kier alpha value is -1.59. The van der Waals surface area contributed by atoms with Crippen molar-refractivity contribution in [3.05, 3.63) is 35.9 Å². The summed E-state index contributed by atoms with van der Waals surface area (Å²) in [4.78, 5) is 32.0. The van der Waals surface area contributed by atoms with E-state index in [0.29, 0.717) is 5.56 Å². The Kier molecular flexibility index (Phi) is 5.61. The van der Waals surface area contributed by atoms with Crippen LogP contribution in [0.3, 0.4) is 0 Å². The normalized spacial score (nSPS) is 9.94. The minimum atomic E-state index is -1.43. The summed E-state index contributed by atoms with van der Waals surface area (Å²) in [5.41, 5.74) is 0.393. The van der Waals surface area contributed by atoms with Crippen molar-refractivity contribution < 1.29 is 19.1 Å². The van der Waals surface area contributed by atoms with Gasteiger partial charge in [0.05, 0.1) is 0 Å². The molecule has 96 valence electrons. The molecule has 0 aliphatic carbocycles. The molecule has 18 heavy (non-hydrogen) atoms. The minimum absolute atomic E-state index is 0.393. The molecule has 0 saturated heterocycles. The highest BCUT2D eigenvalue weighted by Crippen LogP contribution is 2.03. The van der Waals surface area contributed by atoms with Gasteiger partial charge in [-0.05, 0) is 12.1 Å². The molecule has 1 rings (SSSR count). The fourth-order valence-corrected chi connectivity index (χ4v) is 1.13. The molecule has 0 fully saturated rings. The average molecular weight is 290 g/mol. The van der Waals surface area contributed by atoms with Gasteiger partial charge in [0, 0.05) is 5.56 Å². The number of rotatable bonds is 4. The van der Waals surface area contributed by atoms with E-state index in [9.17, 15) is 14.4 Å². The fourth-order valence-electron chi connectivity index (χ4n) is 1.04. The van der Waals surface area contributed by atoms with E-state index in [1.54, 1.807) is 30.3 Å². The predicted molar refractivity (Wildman–Crippen MR) is 65.4 cm³/mol. The predicted octanol–water partition coefficient (Wildman–Crippen LogP) is 1.29. The smallest absolute Gasteiger partial charge is 0.347 e. The summed E-state index contributed by atoms with van der Waals surface area (Å²) in [5, 5.41) is 2.29. The zero-order valence-electron chi connectivity index (χ0n) is 9.06. The molecule has 0 spiro atoms. The number of carbonyl (C=O) groups excluding carboxylic acids is 3. The number of benzene rings is 1. The Morgan fingerprint density at radius 3 is 2.33 bits per heavy atom. The summed E-state index contributed by atoms with van der Waals surface area (Å²) in [5.74, 6) is -2.46. The molecule has 1 aromatic rings. The maximum atomic E-state index is 11.5. The fraction of sp³-hybridized carbons (Fsp3) is 0.182. The molecule has 0 atom stereocenters. The second kappa shape index (κ2) is 6.98. The topological polar surface area (TPSA) is 72.5 Å². The van der Waals surface area contributed by atoms with Crippen LogP contribution in [0.15, 0.2) is 30.3 Å². The molecule has 1 aromatic carbocycles. The van der Waals surface area contributed by atoms with E-state index in [1.807, 2.05) is 0 Å². The maximum Gasteiger partial charge on any atom is 0.347 e. The molecule has 0 aliphatic heterocycles. The molecule has 0 saturated carbocycles. The lowest BCUT2D eigenvalue weighted by Crippen LogP contribution is -2.32. The van der Waals surface area contributed by atoms with Crippen LogP contribution in [0.1, 0.15) is 10.4 Å². The second-order valence-corrected chi connectivity index (χ2v) is 4.24. The summed E-state index contributed by atoms with van der Waals surface area (Å²) >= 11 is 10.4. The van der Waals surface area contributed by atoms with Gasteiger partial charge in [0.15, 0.2) is 0 Å². The first-order chi connectivity index (χ1) is 8.50. The van der Waals surface area contributed by atoms with Crippen LogP contribution < -0.4 is 5.32 Å².